The van der Waals surface area contributed by atoms with Crippen molar-refractivity contribution in [2.24, 2.45) is 0 Å². The minimum atomic E-state index is -2.44. The maximum Gasteiger partial charge on any atom is 0.261 e. The van der Waals surface area contributed by atoms with Gasteiger partial charge in [-0.2, -0.15) is 0 Å². The smallest absolute Gasteiger partial charge is 0.261 e. The molecule has 0 amide bonds. The summed E-state index contributed by atoms with van der Waals surface area (Å²) >= 11 is 0. The number of pyridine rings is 1. The second-order valence-electron chi connectivity index (χ2n) is 3.58. The number of nitrogens with zero attached hydrogens (tertiary/aromatic N) is 1. The van der Waals surface area contributed by atoms with Gasteiger partial charge in [0, 0.05) is 18.8 Å². The zero-order chi connectivity index (χ0) is 12.7. The number of alkyl halides is 2. The van der Waals surface area contributed by atoms with Crippen molar-refractivity contribution in [1.82, 2.24) is 10.3 Å². The molecule has 1 aromatic rings. The lowest BCUT2D eigenvalue weighted by Crippen LogP contribution is -2.24. The van der Waals surface area contributed by atoms with E-state index < -0.39 is 18.8 Å². The Kier molecular flexibility index (Phi) is 5.93. The van der Waals surface area contributed by atoms with E-state index in [2.05, 4.69) is 10.3 Å². The third-order valence-electron chi connectivity index (χ3n) is 2.17. The summed E-state index contributed by atoms with van der Waals surface area (Å²) in [6, 6.07) is 1.28. The number of halogens is 3. The first-order chi connectivity index (χ1) is 8.09. The largest absolute Gasteiger partial charge is 0.374 e. The summed E-state index contributed by atoms with van der Waals surface area (Å²) in [5.74, 6) is -0.398. The predicted octanol–water partition coefficient (Wildman–Crippen LogP) is 2.15. The summed E-state index contributed by atoms with van der Waals surface area (Å²) in [7, 11) is 0. The van der Waals surface area contributed by atoms with Gasteiger partial charge in [0.2, 0.25) is 0 Å². The summed E-state index contributed by atoms with van der Waals surface area (Å²) in [4.78, 5) is 3.73. The van der Waals surface area contributed by atoms with E-state index in [0.717, 1.165) is 6.20 Å². The molecule has 0 fully saturated rings. The van der Waals surface area contributed by atoms with E-state index in [1.54, 1.807) is 6.20 Å². The van der Waals surface area contributed by atoms with E-state index in [0.29, 0.717) is 12.1 Å². The van der Waals surface area contributed by atoms with Crippen LogP contribution >= 0.6 is 0 Å². The van der Waals surface area contributed by atoms with Crippen LogP contribution in [0.2, 0.25) is 0 Å². The molecule has 0 aliphatic rings. The van der Waals surface area contributed by atoms with E-state index in [9.17, 15) is 13.2 Å². The maximum absolute atomic E-state index is 12.9. The maximum atomic E-state index is 12.9. The van der Waals surface area contributed by atoms with Gasteiger partial charge in [-0.25, -0.2) is 13.2 Å². The average molecular weight is 248 g/mol. The van der Waals surface area contributed by atoms with E-state index in [4.69, 9.17) is 4.74 Å². The van der Waals surface area contributed by atoms with Crippen molar-refractivity contribution in [3.05, 3.63) is 29.8 Å². The first-order valence-electron chi connectivity index (χ1n) is 5.29. The van der Waals surface area contributed by atoms with Crippen molar-refractivity contribution < 1.29 is 17.9 Å². The van der Waals surface area contributed by atoms with Crippen molar-refractivity contribution in [3.63, 3.8) is 0 Å². The zero-order valence-corrected chi connectivity index (χ0v) is 9.50. The first-order valence-corrected chi connectivity index (χ1v) is 5.29. The van der Waals surface area contributed by atoms with Crippen LogP contribution in [0.1, 0.15) is 18.5 Å². The average Bonchev–Trinajstić information content (AvgIpc) is 2.28. The first kappa shape index (κ1) is 13.9. The minimum absolute atomic E-state index is 0.103. The van der Waals surface area contributed by atoms with E-state index in [-0.39, 0.29) is 12.6 Å². The van der Waals surface area contributed by atoms with Crippen LogP contribution in [0, 0.1) is 5.82 Å². The molecular formula is C11H15F3N2O. The second-order valence-corrected chi connectivity index (χ2v) is 3.58. The molecule has 0 spiro atoms. The van der Waals surface area contributed by atoms with Gasteiger partial charge in [0.05, 0.1) is 12.8 Å². The molecule has 1 unspecified atom stereocenters. The van der Waals surface area contributed by atoms with E-state index in [1.165, 1.54) is 6.07 Å². The standard InChI is InChI=1S/C11H15F3N2O/c1-8(9-4-10(12)6-15-5-9)16-2-3-17-7-11(13)14/h4-6,8,11,16H,2-3,7H2,1H3. The molecule has 3 nitrogen and oxygen atoms in total. The lowest BCUT2D eigenvalue weighted by molar-refractivity contribution is 0.0183. The molecule has 0 bridgehead atoms. The Morgan fingerprint density at radius 1 is 1.41 bits per heavy atom. The summed E-state index contributed by atoms with van der Waals surface area (Å²) in [6.45, 7) is 1.89. The molecule has 0 saturated carbocycles. The van der Waals surface area contributed by atoms with Crippen molar-refractivity contribution in [2.75, 3.05) is 19.8 Å². The Morgan fingerprint density at radius 3 is 2.82 bits per heavy atom. The molecule has 1 heterocycles. The molecule has 1 aromatic heterocycles. The fourth-order valence-corrected chi connectivity index (χ4v) is 1.30. The lowest BCUT2D eigenvalue weighted by atomic mass is 10.1. The van der Waals surface area contributed by atoms with Gasteiger partial charge in [-0.3, -0.25) is 4.98 Å². The summed E-state index contributed by atoms with van der Waals surface area (Å²) in [6.07, 6.45) is 0.239. The summed E-state index contributed by atoms with van der Waals surface area (Å²) in [5, 5.41) is 3.02. The number of ether oxygens (including phenoxy) is 1. The van der Waals surface area contributed by atoms with Crippen LogP contribution in [-0.2, 0) is 4.74 Å². The highest BCUT2D eigenvalue weighted by atomic mass is 19.3. The Labute approximate surface area is 98.0 Å². The molecule has 6 heteroatoms. The molecule has 1 atom stereocenters. The molecule has 17 heavy (non-hydrogen) atoms. The molecular weight excluding hydrogens is 233 g/mol. The van der Waals surface area contributed by atoms with Gasteiger partial charge in [-0.15, -0.1) is 0 Å². The van der Waals surface area contributed by atoms with Crippen molar-refractivity contribution in [2.45, 2.75) is 19.4 Å². The molecule has 0 aliphatic carbocycles. The second kappa shape index (κ2) is 7.24. The van der Waals surface area contributed by atoms with Crippen molar-refractivity contribution in [1.29, 1.82) is 0 Å². The van der Waals surface area contributed by atoms with E-state index in [1.807, 2.05) is 6.92 Å². The molecule has 0 aromatic carbocycles. The molecule has 0 radical (unpaired) electrons. The highest BCUT2D eigenvalue weighted by Gasteiger charge is 2.06. The van der Waals surface area contributed by atoms with Gasteiger partial charge in [0.1, 0.15) is 12.4 Å². The minimum Gasteiger partial charge on any atom is -0.374 e. The zero-order valence-electron chi connectivity index (χ0n) is 9.50. The summed E-state index contributed by atoms with van der Waals surface area (Å²) < 4.78 is 41.0. The number of hydrogen-bond acceptors (Lipinski definition) is 3. The Balaban J connectivity index is 2.23. The van der Waals surface area contributed by atoms with Crippen LogP contribution < -0.4 is 5.32 Å². The van der Waals surface area contributed by atoms with Crippen LogP contribution in [-0.4, -0.2) is 31.2 Å². The van der Waals surface area contributed by atoms with E-state index >= 15 is 0 Å². The highest BCUT2D eigenvalue weighted by molar-refractivity contribution is 5.14. The number of nitrogens with one attached hydrogen (secondary N) is 1. The third kappa shape index (κ3) is 5.65. The third-order valence-corrected chi connectivity index (χ3v) is 2.17. The fourth-order valence-electron chi connectivity index (χ4n) is 1.30. The molecule has 96 valence electrons. The number of hydrogen-bond donors (Lipinski definition) is 1. The van der Waals surface area contributed by atoms with Crippen molar-refractivity contribution >= 4 is 0 Å². The highest BCUT2D eigenvalue weighted by Crippen LogP contribution is 2.11. The Morgan fingerprint density at radius 2 is 2.18 bits per heavy atom. The summed E-state index contributed by atoms with van der Waals surface area (Å²) in [5.41, 5.74) is 0.707. The van der Waals surface area contributed by atoms with Gasteiger partial charge < -0.3 is 10.1 Å². The van der Waals surface area contributed by atoms with Gasteiger partial charge in [0.25, 0.3) is 6.43 Å². The Bertz CT molecular complexity index is 336. The van der Waals surface area contributed by atoms with Gasteiger partial charge in [-0.05, 0) is 18.6 Å². The Hall–Kier alpha value is -1.14. The van der Waals surface area contributed by atoms with Crippen LogP contribution in [0.5, 0.6) is 0 Å². The number of aromatic nitrogens is 1. The van der Waals surface area contributed by atoms with Gasteiger partial charge in [0.15, 0.2) is 0 Å². The molecule has 0 saturated heterocycles. The van der Waals surface area contributed by atoms with Crippen molar-refractivity contribution in [3.8, 4) is 0 Å². The fraction of sp³-hybridized carbons (Fsp3) is 0.545. The van der Waals surface area contributed by atoms with Gasteiger partial charge in [-0.1, -0.05) is 0 Å². The predicted molar refractivity (Wildman–Crippen MR) is 57.4 cm³/mol. The topological polar surface area (TPSA) is 34.1 Å². The van der Waals surface area contributed by atoms with Crippen LogP contribution in [0.3, 0.4) is 0 Å². The molecule has 1 rings (SSSR count). The molecule has 0 aliphatic heterocycles. The SMILES string of the molecule is CC(NCCOCC(F)F)c1cncc(F)c1. The van der Waals surface area contributed by atoms with Crippen LogP contribution in [0.15, 0.2) is 18.5 Å². The quantitative estimate of drug-likeness (QED) is 0.751. The monoisotopic (exact) mass is 248 g/mol. The lowest BCUT2D eigenvalue weighted by Gasteiger charge is -2.13. The van der Waals surface area contributed by atoms with Crippen LogP contribution in [0.25, 0.3) is 0 Å². The van der Waals surface area contributed by atoms with Gasteiger partial charge >= 0.3 is 0 Å². The molecule has 1 N–H and O–H groups in total. The normalized spacial score (nSPS) is 13.0. The van der Waals surface area contributed by atoms with Crippen LogP contribution in [0.4, 0.5) is 13.2 Å². The number of rotatable bonds is 7.